The van der Waals surface area contributed by atoms with Gasteiger partial charge in [0.1, 0.15) is 0 Å². The summed E-state index contributed by atoms with van der Waals surface area (Å²) < 4.78 is 0. The fourth-order valence-corrected chi connectivity index (χ4v) is 11.6. The highest BCUT2D eigenvalue weighted by Crippen LogP contribution is 2.67. The lowest BCUT2D eigenvalue weighted by Gasteiger charge is -2.58. The number of nitrogens with zero attached hydrogens (tertiary/aromatic N) is 2. The van der Waals surface area contributed by atoms with Crippen LogP contribution in [0.2, 0.25) is 0 Å². The van der Waals surface area contributed by atoms with Gasteiger partial charge in [-0.2, -0.15) is 0 Å². The molecule has 3 aromatic rings. The molecule has 0 aromatic carbocycles. The van der Waals surface area contributed by atoms with Crippen molar-refractivity contribution in [3.63, 3.8) is 0 Å². The molecular weight excluding hydrogens is 637 g/mol. The molecule has 3 aromatic heterocycles. The van der Waals surface area contributed by atoms with Gasteiger partial charge in [-0.05, 0) is 171 Å². The molecule has 6 aliphatic rings. The van der Waals surface area contributed by atoms with Crippen LogP contribution < -0.4 is 0 Å². The molecule has 9 rings (SSSR count). The number of hydrogen-bond donors (Lipinski definition) is 3. The van der Waals surface area contributed by atoms with Gasteiger partial charge in [-0.3, -0.25) is 0 Å². The van der Waals surface area contributed by atoms with Crippen LogP contribution in [-0.4, -0.2) is 31.1 Å². The van der Waals surface area contributed by atoms with Crippen molar-refractivity contribution >= 4 is 46.4 Å². The van der Waals surface area contributed by atoms with Crippen molar-refractivity contribution in [2.75, 3.05) is 0 Å². The maximum Gasteiger partial charge on any atom is 0.0659 e. The Labute approximate surface area is 311 Å². The number of aliphatic hydroxyl groups is 1. The van der Waals surface area contributed by atoms with Crippen LogP contribution in [0, 0.1) is 46.3 Å². The van der Waals surface area contributed by atoms with E-state index < -0.39 is 0 Å². The van der Waals surface area contributed by atoms with Gasteiger partial charge >= 0.3 is 0 Å². The number of allylic oxidation sites excluding steroid dienone is 1. The molecule has 0 radical (unpaired) electrons. The summed E-state index contributed by atoms with van der Waals surface area (Å²) in [6, 6.07) is 16.4. The van der Waals surface area contributed by atoms with Gasteiger partial charge in [0.05, 0.1) is 28.9 Å². The van der Waals surface area contributed by atoms with E-state index in [0.29, 0.717) is 10.8 Å². The lowest BCUT2D eigenvalue weighted by Crippen LogP contribution is -2.50. The Bertz CT molecular complexity index is 1940. The normalized spacial score (nSPS) is 30.9. The summed E-state index contributed by atoms with van der Waals surface area (Å²) in [4.78, 5) is 16.0. The van der Waals surface area contributed by atoms with Crippen molar-refractivity contribution in [2.24, 2.45) is 46.3 Å². The summed E-state index contributed by atoms with van der Waals surface area (Å²) in [5.41, 5.74) is 10.5. The topological polar surface area (TPSA) is 77.6 Å². The number of fused-ring (bicyclic) bond motifs is 13. The molecule has 52 heavy (non-hydrogen) atoms. The van der Waals surface area contributed by atoms with Crippen LogP contribution in [0.3, 0.4) is 0 Å². The van der Waals surface area contributed by atoms with Crippen molar-refractivity contribution < 1.29 is 5.11 Å². The number of aromatic amines is 2. The smallest absolute Gasteiger partial charge is 0.0659 e. The van der Waals surface area contributed by atoms with Crippen molar-refractivity contribution in [3.8, 4) is 0 Å². The third-order valence-corrected chi connectivity index (χ3v) is 14.3. The van der Waals surface area contributed by atoms with Gasteiger partial charge in [0, 0.05) is 22.1 Å². The largest absolute Gasteiger partial charge is 0.393 e. The van der Waals surface area contributed by atoms with Crippen molar-refractivity contribution in [3.05, 3.63) is 83.0 Å². The second kappa shape index (κ2) is 14.3. The summed E-state index contributed by atoms with van der Waals surface area (Å²) in [7, 11) is 0. The van der Waals surface area contributed by atoms with Crippen molar-refractivity contribution in [1.82, 2.24) is 19.9 Å². The highest BCUT2D eigenvalue weighted by Gasteiger charge is 2.59. The van der Waals surface area contributed by atoms with Crippen LogP contribution in [-0.2, 0) is 0 Å². The third-order valence-electron chi connectivity index (χ3n) is 14.3. The van der Waals surface area contributed by atoms with E-state index in [0.717, 1.165) is 93.2 Å². The fraction of sp³-hybridized carbons (Fsp3) is 0.532. The van der Waals surface area contributed by atoms with Crippen LogP contribution in [0.5, 0.6) is 0 Å². The van der Waals surface area contributed by atoms with E-state index in [1.165, 1.54) is 57.8 Å². The van der Waals surface area contributed by atoms with Crippen LogP contribution in [0.4, 0.5) is 0 Å². The number of hydrogen-bond acceptors (Lipinski definition) is 3. The summed E-state index contributed by atoms with van der Waals surface area (Å²) in [6.45, 7) is 12.6. The summed E-state index contributed by atoms with van der Waals surface area (Å²) in [5, 5.41) is 10.2. The zero-order chi connectivity index (χ0) is 36.0. The molecule has 3 saturated carbocycles. The maximum atomic E-state index is 10.2. The van der Waals surface area contributed by atoms with Gasteiger partial charge < -0.3 is 15.1 Å². The third kappa shape index (κ3) is 7.02. The van der Waals surface area contributed by atoms with Crippen molar-refractivity contribution in [2.45, 2.75) is 111 Å². The quantitative estimate of drug-likeness (QED) is 0.160. The molecule has 1 unspecified atom stereocenters. The Morgan fingerprint density at radius 2 is 1.31 bits per heavy atom. The monoisotopic (exact) mass is 696 g/mol. The molecule has 2 aliphatic heterocycles. The Kier molecular flexibility index (Phi) is 9.70. The second-order valence-corrected chi connectivity index (χ2v) is 18.1. The lowest BCUT2D eigenvalue weighted by molar-refractivity contribution is -0.0573. The first kappa shape index (κ1) is 35.3. The number of nitrogens with one attached hydrogen (secondary N) is 2. The molecule has 4 aliphatic carbocycles. The minimum Gasteiger partial charge on any atom is -0.393 e. The van der Waals surface area contributed by atoms with E-state index in [1.807, 2.05) is 42.5 Å². The average molecular weight is 697 g/mol. The fourth-order valence-electron chi connectivity index (χ4n) is 11.6. The first-order valence-corrected chi connectivity index (χ1v) is 20.5. The lowest BCUT2D eigenvalue weighted by atomic mass is 9.47. The number of aromatic nitrogens is 4. The highest BCUT2D eigenvalue weighted by atomic mass is 16.3. The molecule has 0 amide bonds. The van der Waals surface area contributed by atoms with Crippen molar-refractivity contribution in [1.29, 1.82) is 0 Å². The van der Waals surface area contributed by atoms with E-state index in [9.17, 15) is 5.11 Å². The van der Waals surface area contributed by atoms with E-state index in [4.69, 9.17) is 0 Å². The average Bonchev–Trinajstić information content (AvgIpc) is 3.95. The van der Waals surface area contributed by atoms with E-state index in [1.54, 1.807) is 5.57 Å². The summed E-state index contributed by atoms with van der Waals surface area (Å²) >= 11 is 0. The summed E-state index contributed by atoms with van der Waals surface area (Å²) in [6.07, 6.45) is 25.2. The van der Waals surface area contributed by atoms with Gasteiger partial charge in [-0.25, -0.2) is 9.97 Å². The predicted molar refractivity (Wildman–Crippen MR) is 218 cm³/mol. The Morgan fingerprint density at radius 1 is 0.712 bits per heavy atom. The minimum absolute atomic E-state index is 0.0766. The van der Waals surface area contributed by atoms with E-state index in [-0.39, 0.29) is 6.10 Å². The molecule has 0 spiro atoms. The molecule has 0 saturated heterocycles. The zero-order valence-corrected chi connectivity index (χ0v) is 32.2. The highest BCUT2D eigenvalue weighted by molar-refractivity contribution is 5.77. The molecule has 3 fully saturated rings. The van der Waals surface area contributed by atoms with Gasteiger partial charge in [-0.1, -0.05) is 65.5 Å². The number of rotatable bonds is 5. The van der Waals surface area contributed by atoms with Gasteiger partial charge in [0.2, 0.25) is 0 Å². The van der Waals surface area contributed by atoms with Crippen LogP contribution in [0.25, 0.3) is 46.4 Å². The van der Waals surface area contributed by atoms with Crippen LogP contribution in [0.15, 0.2) is 60.2 Å². The molecule has 8 bridgehead atoms. The molecule has 3 N–H and O–H groups in total. The molecule has 8 atom stereocenters. The first-order chi connectivity index (χ1) is 25.1. The Balaban J connectivity index is 0.000000150. The van der Waals surface area contributed by atoms with Gasteiger partial charge in [0.25, 0.3) is 0 Å². The SMILES string of the molecule is C1=Cc2cc3ccc(cc4ccc(cc5nc(cc1n2)C=C5)[nH]4)[nH]3.CC(C)CCCC(C)[C@H]1CC[C@H]2[C@@H]3CC=C4C[C@@H](O)CC[C@]4(C)[C@H]3CC[C@]12C. The zero-order valence-electron chi connectivity index (χ0n) is 32.2. The number of aliphatic hydroxyl groups excluding tert-OH is 1. The predicted octanol–water partition coefficient (Wildman–Crippen LogP) is 12.0. The van der Waals surface area contributed by atoms with E-state index >= 15 is 0 Å². The molecule has 274 valence electrons. The Hall–Kier alpha value is -3.70. The Morgan fingerprint density at radius 3 is 1.92 bits per heavy atom. The standard InChI is InChI=1S/C27H46O.C20H14N4/c1-18(2)7-6-8-19(3)23-11-12-24-22-10-9-20-17-21(28)13-15-26(20,4)25(22)14-16-27(23,24)5;1-2-14-10-16-5-6-18(23-16)12-20-8-7-19(24-20)11-17-4-3-15(22-17)9-13(1)21-14/h9,18-19,21-25,28H,6-8,10-17H2,1-5H3;1-12,21-22H/t19?,21-,22-,23+,24-,25-,26-,27+;/m0./s1. The van der Waals surface area contributed by atoms with Gasteiger partial charge in [0.15, 0.2) is 0 Å². The minimum atomic E-state index is -0.0766. The van der Waals surface area contributed by atoms with E-state index in [2.05, 4.69) is 91.0 Å². The molecule has 5 heterocycles. The van der Waals surface area contributed by atoms with Crippen LogP contribution in [0.1, 0.15) is 128 Å². The second-order valence-electron chi connectivity index (χ2n) is 18.1. The van der Waals surface area contributed by atoms with Gasteiger partial charge in [-0.15, -0.1) is 0 Å². The molecule has 5 nitrogen and oxygen atoms in total. The first-order valence-electron chi connectivity index (χ1n) is 20.5. The molecular formula is C47H60N4O. The number of H-pyrrole nitrogens is 2. The summed E-state index contributed by atoms with van der Waals surface area (Å²) in [5.74, 6) is 5.46. The van der Waals surface area contributed by atoms with Crippen LogP contribution >= 0.6 is 0 Å². The molecule has 5 heteroatoms. The maximum absolute atomic E-state index is 10.2.